The van der Waals surface area contributed by atoms with E-state index in [2.05, 4.69) is 13.0 Å². The second-order valence-electron chi connectivity index (χ2n) is 11.2. The quantitative estimate of drug-likeness (QED) is 0.208. The van der Waals surface area contributed by atoms with Gasteiger partial charge in [-0.2, -0.15) is 0 Å². The maximum atomic E-state index is 15.2. The smallest absolute Gasteiger partial charge is 0.166 e. The molecule has 3 heteroatoms. The molecule has 4 rings (SSSR count). The summed E-state index contributed by atoms with van der Waals surface area (Å²) < 4.78 is 44.5. The van der Waals surface area contributed by atoms with Crippen molar-refractivity contribution in [2.24, 2.45) is 5.92 Å². The molecule has 0 radical (unpaired) electrons. The second-order valence-corrected chi connectivity index (χ2v) is 11.2. The van der Waals surface area contributed by atoms with E-state index in [4.69, 9.17) is 0 Å². The first-order valence-electron chi connectivity index (χ1n) is 14.9. The Kier molecular flexibility index (Phi) is 10.5. The molecular weight excluding hydrogens is 477 g/mol. The maximum absolute atomic E-state index is 15.2. The highest BCUT2D eigenvalue weighted by Crippen LogP contribution is 2.39. The van der Waals surface area contributed by atoms with Crippen LogP contribution in [0.5, 0.6) is 0 Å². The maximum Gasteiger partial charge on any atom is 0.166 e. The van der Waals surface area contributed by atoms with Crippen LogP contribution < -0.4 is 0 Å². The normalized spacial score (nSPS) is 17.6. The van der Waals surface area contributed by atoms with Crippen LogP contribution in [0.15, 0.2) is 54.6 Å². The molecule has 0 amide bonds. The summed E-state index contributed by atoms with van der Waals surface area (Å²) in [6.45, 7) is 4.29. The molecule has 0 saturated heterocycles. The molecule has 38 heavy (non-hydrogen) atoms. The van der Waals surface area contributed by atoms with E-state index in [0.717, 1.165) is 42.7 Å². The van der Waals surface area contributed by atoms with Gasteiger partial charge in [0.15, 0.2) is 11.6 Å². The SMILES string of the molecule is CCCCCCCC1CCC(c2ccc(-c3ccc(-c4ccc(CCCC)c(F)c4F)cc3)c(F)c2)CC1. The van der Waals surface area contributed by atoms with E-state index in [1.165, 1.54) is 51.4 Å². The highest BCUT2D eigenvalue weighted by Gasteiger charge is 2.23. The minimum atomic E-state index is -0.812. The molecule has 3 aromatic carbocycles. The van der Waals surface area contributed by atoms with Crippen molar-refractivity contribution in [3.8, 4) is 22.3 Å². The molecule has 0 aromatic heterocycles. The lowest BCUT2D eigenvalue weighted by Gasteiger charge is -2.29. The third-order valence-corrected chi connectivity index (χ3v) is 8.50. The van der Waals surface area contributed by atoms with Crippen LogP contribution in [0.2, 0.25) is 0 Å². The lowest BCUT2D eigenvalue weighted by atomic mass is 9.77. The van der Waals surface area contributed by atoms with Gasteiger partial charge in [0.05, 0.1) is 0 Å². The van der Waals surface area contributed by atoms with E-state index in [-0.39, 0.29) is 11.4 Å². The van der Waals surface area contributed by atoms with E-state index < -0.39 is 11.6 Å². The summed E-state index contributed by atoms with van der Waals surface area (Å²) >= 11 is 0. The van der Waals surface area contributed by atoms with Crippen molar-refractivity contribution in [1.29, 1.82) is 0 Å². The molecule has 1 fully saturated rings. The predicted molar refractivity (Wildman–Crippen MR) is 154 cm³/mol. The summed E-state index contributed by atoms with van der Waals surface area (Å²) in [6.07, 6.45) is 15.2. The number of unbranched alkanes of at least 4 members (excludes halogenated alkanes) is 5. The lowest BCUT2D eigenvalue weighted by Crippen LogP contribution is -2.13. The Morgan fingerprint density at radius 2 is 1.26 bits per heavy atom. The average molecular weight is 521 g/mol. The number of rotatable bonds is 12. The van der Waals surface area contributed by atoms with Gasteiger partial charge in [-0.1, -0.05) is 107 Å². The van der Waals surface area contributed by atoms with Crippen LogP contribution >= 0.6 is 0 Å². The Hall–Kier alpha value is -2.55. The number of hydrogen-bond donors (Lipinski definition) is 0. The summed E-state index contributed by atoms with van der Waals surface area (Å²) in [5, 5.41) is 0. The molecule has 0 atom stereocenters. The Balaban J connectivity index is 1.38. The lowest BCUT2D eigenvalue weighted by molar-refractivity contribution is 0.301. The minimum absolute atomic E-state index is 0.217. The van der Waals surface area contributed by atoms with Gasteiger partial charge in [-0.05, 0) is 78.7 Å². The zero-order valence-electron chi connectivity index (χ0n) is 23.2. The van der Waals surface area contributed by atoms with E-state index in [0.29, 0.717) is 29.0 Å². The molecule has 0 unspecified atom stereocenters. The van der Waals surface area contributed by atoms with Gasteiger partial charge in [-0.3, -0.25) is 0 Å². The average Bonchev–Trinajstić information content (AvgIpc) is 2.94. The van der Waals surface area contributed by atoms with Crippen molar-refractivity contribution in [2.45, 2.75) is 103 Å². The van der Waals surface area contributed by atoms with Crippen molar-refractivity contribution < 1.29 is 13.2 Å². The first-order chi connectivity index (χ1) is 18.5. The van der Waals surface area contributed by atoms with E-state index >= 15 is 4.39 Å². The number of hydrogen-bond acceptors (Lipinski definition) is 0. The van der Waals surface area contributed by atoms with Crippen molar-refractivity contribution in [2.75, 3.05) is 0 Å². The Labute approximate surface area is 227 Å². The molecule has 1 saturated carbocycles. The monoisotopic (exact) mass is 520 g/mol. The fourth-order valence-electron chi connectivity index (χ4n) is 6.04. The Bertz CT molecular complexity index is 1160. The fraction of sp³-hybridized carbons (Fsp3) is 0.486. The van der Waals surface area contributed by atoms with Crippen LogP contribution in [0, 0.1) is 23.4 Å². The van der Waals surface area contributed by atoms with Crippen LogP contribution in [0.3, 0.4) is 0 Å². The van der Waals surface area contributed by atoms with E-state index in [1.807, 2.05) is 13.0 Å². The summed E-state index contributed by atoms with van der Waals surface area (Å²) in [7, 11) is 0. The number of aryl methyl sites for hydroxylation is 1. The molecule has 0 aliphatic heterocycles. The highest BCUT2D eigenvalue weighted by molar-refractivity contribution is 5.71. The van der Waals surface area contributed by atoms with Gasteiger partial charge in [-0.15, -0.1) is 0 Å². The zero-order valence-corrected chi connectivity index (χ0v) is 23.2. The molecule has 0 N–H and O–H groups in total. The summed E-state index contributed by atoms with van der Waals surface area (Å²) in [4.78, 5) is 0. The molecule has 0 heterocycles. The highest BCUT2D eigenvalue weighted by atomic mass is 19.2. The summed E-state index contributed by atoms with van der Waals surface area (Å²) in [5.74, 6) is -0.515. The first kappa shape index (κ1) is 28.5. The molecule has 1 aliphatic rings. The van der Waals surface area contributed by atoms with Gasteiger partial charge in [0.1, 0.15) is 5.82 Å². The van der Waals surface area contributed by atoms with Gasteiger partial charge >= 0.3 is 0 Å². The Morgan fingerprint density at radius 1 is 0.632 bits per heavy atom. The predicted octanol–water partition coefficient (Wildman–Crippen LogP) is 11.4. The Morgan fingerprint density at radius 3 is 1.92 bits per heavy atom. The first-order valence-corrected chi connectivity index (χ1v) is 14.9. The molecule has 204 valence electrons. The van der Waals surface area contributed by atoms with Crippen molar-refractivity contribution >= 4 is 0 Å². The van der Waals surface area contributed by atoms with Crippen LogP contribution in [0.25, 0.3) is 22.3 Å². The van der Waals surface area contributed by atoms with Gasteiger partial charge < -0.3 is 0 Å². The van der Waals surface area contributed by atoms with Crippen molar-refractivity contribution in [3.63, 3.8) is 0 Å². The van der Waals surface area contributed by atoms with Gasteiger partial charge in [0.25, 0.3) is 0 Å². The van der Waals surface area contributed by atoms with Crippen LogP contribution in [0.4, 0.5) is 13.2 Å². The summed E-state index contributed by atoms with van der Waals surface area (Å²) in [6, 6.07) is 16.1. The molecule has 0 bridgehead atoms. The van der Waals surface area contributed by atoms with E-state index in [1.54, 1.807) is 42.5 Å². The van der Waals surface area contributed by atoms with Crippen molar-refractivity contribution in [1.82, 2.24) is 0 Å². The second kappa shape index (κ2) is 14.0. The third-order valence-electron chi connectivity index (χ3n) is 8.50. The number of benzene rings is 3. The van der Waals surface area contributed by atoms with Crippen LogP contribution in [-0.4, -0.2) is 0 Å². The summed E-state index contributed by atoms with van der Waals surface area (Å²) in [5.41, 5.74) is 3.63. The third kappa shape index (κ3) is 7.10. The van der Waals surface area contributed by atoms with Crippen molar-refractivity contribution in [3.05, 3.63) is 83.2 Å². The molecule has 0 spiro atoms. The fourth-order valence-corrected chi connectivity index (χ4v) is 6.04. The largest absolute Gasteiger partial charge is 0.206 e. The molecule has 1 aliphatic carbocycles. The van der Waals surface area contributed by atoms with Gasteiger partial charge in [0.2, 0.25) is 0 Å². The molecular formula is C35H43F3. The van der Waals surface area contributed by atoms with Crippen LogP contribution in [-0.2, 0) is 6.42 Å². The molecule has 3 aromatic rings. The van der Waals surface area contributed by atoms with Crippen LogP contribution in [0.1, 0.15) is 108 Å². The van der Waals surface area contributed by atoms with Gasteiger partial charge in [-0.25, -0.2) is 13.2 Å². The molecule has 0 nitrogen and oxygen atoms in total. The van der Waals surface area contributed by atoms with E-state index in [9.17, 15) is 8.78 Å². The minimum Gasteiger partial charge on any atom is -0.206 e. The number of halogens is 3. The van der Waals surface area contributed by atoms with Gasteiger partial charge in [0, 0.05) is 11.1 Å². The standard InChI is InChI=1S/C35H43F3/c1-3-5-7-8-9-10-25-12-14-26(15-13-25)30-21-22-31(33(36)24-30)27-16-18-28(19-17-27)32-23-20-29(11-6-4-2)34(37)35(32)38/h16-26H,3-15H2,1-2H3. The zero-order chi connectivity index (χ0) is 26.9. The topological polar surface area (TPSA) is 0 Å².